The van der Waals surface area contributed by atoms with Crippen molar-refractivity contribution in [2.75, 3.05) is 18.1 Å². The van der Waals surface area contributed by atoms with Crippen molar-refractivity contribution in [1.82, 2.24) is 0 Å². The van der Waals surface area contributed by atoms with Crippen LogP contribution in [0, 0.1) is 0 Å². The molecule has 1 rings (SSSR count). The van der Waals surface area contributed by atoms with Crippen LogP contribution in [0.3, 0.4) is 0 Å². The predicted octanol–water partition coefficient (Wildman–Crippen LogP) is -5.16. The number of carbonyl (C=O) groups is 3. The van der Waals surface area contributed by atoms with E-state index < -0.39 is 43.8 Å². The van der Waals surface area contributed by atoms with Crippen LogP contribution in [-0.4, -0.2) is 61.8 Å². The van der Waals surface area contributed by atoms with E-state index in [0.29, 0.717) is 0 Å². The van der Waals surface area contributed by atoms with Gasteiger partial charge in [0.1, 0.15) is 0 Å². The SMILES string of the molecule is C=CC(N)=O.C=CCS(=O)(=O)[O-].NCCS(=O)(=O)O.O=C1C=CC(=O)O1.[Na+]. The van der Waals surface area contributed by atoms with Crippen LogP contribution >= 0.6 is 0 Å². The van der Waals surface area contributed by atoms with Crippen LogP contribution in [0.25, 0.3) is 0 Å². The molecule has 0 saturated heterocycles. The number of ether oxygens (including phenoxy) is 1. The number of nitrogens with two attached hydrogens (primary N) is 2. The average molecular weight is 438 g/mol. The minimum absolute atomic E-state index is 0. The fourth-order valence-electron chi connectivity index (χ4n) is 0.597. The summed E-state index contributed by atoms with van der Waals surface area (Å²) in [5.41, 5.74) is 9.31. The van der Waals surface area contributed by atoms with Gasteiger partial charge in [-0.1, -0.05) is 12.7 Å². The van der Waals surface area contributed by atoms with Gasteiger partial charge in [-0.15, -0.1) is 6.58 Å². The fraction of sp³-hybridized carbons (Fsp3) is 0.250. The molecule has 0 radical (unpaired) electrons. The van der Waals surface area contributed by atoms with Crippen LogP contribution in [0.15, 0.2) is 37.5 Å². The number of primary amides is 1. The number of rotatable bonds is 5. The first kappa shape index (κ1) is 33.2. The molecule has 1 heterocycles. The molecule has 0 aliphatic carbocycles. The van der Waals surface area contributed by atoms with Gasteiger partial charge in [0.15, 0.2) is 0 Å². The number of cyclic esters (lactones) is 2. The van der Waals surface area contributed by atoms with Crippen molar-refractivity contribution in [2.45, 2.75) is 0 Å². The second-order valence-corrected chi connectivity index (χ2v) is 6.79. The van der Waals surface area contributed by atoms with Gasteiger partial charge in [-0.2, -0.15) is 8.42 Å². The van der Waals surface area contributed by atoms with E-state index in [-0.39, 0.29) is 41.9 Å². The Bertz CT molecular complexity index is 713. The van der Waals surface area contributed by atoms with Gasteiger partial charge < -0.3 is 20.8 Å². The molecule has 27 heavy (non-hydrogen) atoms. The minimum Gasteiger partial charge on any atom is -0.748 e. The normalized spacial score (nSPS) is 11.7. The van der Waals surface area contributed by atoms with Crippen LogP contribution in [-0.2, 0) is 39.4 Å². The molecule has 12 nitrogen and oxygen atoms in total. The second-order valence-electron chi connectivity index (χ2n) is 3.77. The number of amides is 1. The number of esters is 2. The van der Waals surface area contributed by atoms with Crippen LogP contribution in [0.4, 0.5) is 0 Å². The van der Waals surface area contributed by atoms with E-state index in [9.17, 15) is 35.8 Å². The Morgan fingerprint density at radius 3 is 1.59 bits per heavy atom. The Balaban J connectivity index is -0.000000130. The topological polar surface area (TPSA) is 224 Å². The van der Waals surface area contributed by atoms with Crippen molar-refractivity contribution < 1.29 is 74.6 Å². The maximum atomic E-state index is 9.92. The predicted molar refractivity (Wildman–Crippen MR) is 89.9 cm³/mol. The first-order valence-corrected chi connectivity index (χ1v) is 9.42. The van der Waals surface area contributed by atoms with E-state index in [2.05, 4.69) is 23.6 Å². The molecule has 0 aromatic heterocycles. The summed E-state index contributed by atoms with van der Waals surface area (Å²) in [5.74, 6) is -2.47. The maximum Gasteiger partial charge on any atom is 1.00 e. The van der Waals surface area contributed by atoms with Gasteiger partial charge in [0.05, 0.1) is 21.6 Å². The summed E-state index contributed by atoms with van der Waals surface area (Å²) in [6, 6.07) is 0. The maximum absolute atomic E-state index is 9.92. The van der Waals surface area contributed by atoms with Crippen molar-refractivity contribution in [3.8, 4) is 0 Å². The third kappa shape index (κ3) is 40.6. The molecule has 0 saturated carbocycles. The van der Waals surface area contributed by atoms with Crippen LogP contribution in [0.5, 0.6) is 0 Å². The summed E-state index contributed by atoms with van der Waals surface area (Å²) in [4.78, 5) is 29.3. The standard InChI is InChI=1S/C4H2O3.C3H5NO.C3H6O3S.C2H7NO3S.Na/c5-3-1-2-4(6)7-3;1-2-3(4)5;1-2-3-7(4,5)6;3-1-2-7(4,5)6;/h1-2H;2H,1H2,(H2,4,5);2H,1,3H2,(H,4,5,6);1-3H2,(H,4,5,6);/q;;;;+1/p-1. The van der Waals surface area contributed by atoms with Gasteiger partial charge in [0.2, 0.25) is 5.91 Å². The Kier molecular flexibility index (Phi) is 22.1. The zero-order chi connectivity index (χ0) is 21.4. The van der Waals surface area contributed by atoms with E-state index >= 15 is 0 Å². The summed E-state index contributed by atoms with van der Waals surface area (Å²) in [5, 5.41) is 0. The molecule has 1 aliphatic heterocycles. The summed E-state index contributed by atoms with van der Waals surface area (Å²) in [6.07, 6.45) is 4.28. The van der Waals surface area contributed by atoms with Gasteiger partial charge in [-0.3, -0.25) is 9.35 Å². The summed E-state index contributed by atoms with van der Waals surface area (Å²) in [7, 11) is -7.84. The number of carbonyl (C=O) groups excluding carboxylic acids is 3. The zero-order valence-corrected chi connectivity index (χ0v) is 18.1. The summed E-state index contributed by atoms with van der Waals surface area (Å²) < 4.78 is 60.1. The second kappa shape index (κ2) is 18.0. The Morgan fingerprint density at radius 2 is 1.56 bits per heavy atom. The quantitative estimate of drug-likeness (QED) is 0.0918. The van der Waals surface area contributed by atoms with Gasteiger partial charge in [-0.05, 0) is 6.08 Å². The van der Waals surface area contributed by atoms with Gasteiger partial charge in [0, 0.05) is 18.7 Å². The van der Waals surface area contributed by atoms with Crippen molar-refractivity contribution in [3.63, 3.8) is 0 Å². The van der Waals surface area contributed by atoms with Crippen molar-refractivity contribution in [1.29, 1.82) is 0 Å². The molecule has 0 aromatic carbocycles. The first-order chi connectivity index (χ1) is 11.7. The molecule has 0 unspecified atom stereocenters. The Hall–Kier alpha value is -1.39. The van der Waals surface area contributed by atoms with E-state index in [0.717, 1.165) is 24.3 Å². The Morgan fingerprint density at radius 1 is 1.19 bits per heavy atom. The largest absolute Gasteiger partial charge is 1.00 e. The Labute approximate surface area is 179 Å². The van der Waals surface area contributed by atoms with Gasteiger partial charge in [-0.25, -0.2) is 18.0 Å². The van der Waals surface area contributed by atoms with E-state index in [1.54, 1.807) is 0 Å². The molecule has 15 heteroatoms. The molecular weight excluding hydrogens is 419 g/mol. The molecule has 0 fully saturated rings. The van der Waals surface area contributed by atoms with E-state index in [1.807, 2.05) is 0 Å². The van der Waals surface area contributed by atoms with Crippen LogP contribution in [0.2, 0.25) is 0 Å². The first-order valence-electron chi connectivity index (χ1n) is 6.23. The molecule has 5 N–H and O–H groups in total. The van der Waals surface area contributed by atoms with Crippen molar-refractivity contribution in [3.05, 3.63) is 37.5 Å². The van der Waals surface area contributed by atoms with Crippen molar-refractivity contribution in [2.24, 2.45) is 11.5 Å². The molecule has 0 bridgehead atoms. The molecule has 0 aromatic rings. The molecule has 0 spiro atoms. The third-order valence-electron chi connectivity index (χ3n) is 1.46. The molecule has 1 amide bonds. The third-order valence-corrected chi connectivity index (χ3v) is 2.85. The van der Waals surface area contributed by atoms with E-state index in [1.165, 1.54) is 0 Å². The molecule has 150 valence electrons. The van der Waals surface area contributed by atoms with Crippen LogP contribution in [0.1, 0.15) is 0 Å². The van der Waals surface area contributed by atoms with Crippen molar-refractivity contribution >= 4 is 38.1 Å². The molecule has 0 atom stereocenters. The minimum atomic E-state index is -4.04. The monoisotopic (exact) mass is 438 g/mol. The number of hydrogen-bond acceptors (Lipinski definition) is 10. The smallest absolute Gasteiger partial charge is 0.748 e. The molecular formula is C12H19N2NaO10S2. The molecule has 1 aliphatic rings. The average Bonchev–Trinajstić information content (AvgIpc) is 2.81. The number of hydrogen-bond donors (Lipinski definition) is 3. The van der Waals surface area contributed by atoms with Crippen LogP contribution < -0.4 is 41.0 Å². The summed E-state index contributed by atoms with van der Waals surface area (Å²) in [6.45, 7) is 6.12. The summed E-state index contributed by atoms with van der Waals surface area (Å²) >= 11 is 0. The fourth-order valence-corrected chi connectivity index (χ4v) is 1.18. The van der Waals surface area contributed by atoms with E-state index in [4.69, 9.17) is 10.3 Å². The van der Waals surface area contributed by atoms with Gasteiger partial charge in [0.25, 0.3) is 10.1 Å². The van der Waals surface area contributed by atoms with Gasteiger partial charge >= 0.3 is 41.5 Å². The zero-order valence-electron chi connectivity index (χ0n) is 14.4.